The number of rotatable bonds is 4. The van der Waals surface area contributed by atoms with Crippen molar-refractivity contribution in [2.45, 2.75) is 31.9 Å². The second-order valence-electron chi connectivity index (χ2n) is 6.57. The van der Waals surface area contributed by atoms with E-state index < -0.39 is 0 Å². The minimum Gasteiger partial charge on any atom is -0.366 e. The quantitative estimate of drug-likeness (QED) is 0.919. The van der Waals surface area contributed by atoms with E-state index in [9.17, 15) is 4.79 Å². The van der Waals surface area contributed by atoms with E-state index >= 15 is 0 Å². The molecule has 2 heterocycles. The highest BCUT2D eigenvalue weighted by Gasteiger charge is 2.30. The highest BCUT2D eigenvalue weighted by molar-refractivity contribution is 5.74. The van der Waals surface area contributed by atoms with Crippen LogP contribution >= 0.6 is 0 Å². The van der Waals surface area contributed by atoms with Gasteiger partial charge in [-0.15, -0.1) is 10.2 Å². The van der Waals surface area contributed by atoms with Crippen molar-refractivity contribution in [2.75, 3.05) is 26.2 Å². The lowest BCUT2D eigenvalue weighted by molar-refractivity contribution is -0.0218. The molecule has 1 aliphatic heterocycles. The van der Waals surface area contributed by atoms with E-state index in [1.54, 1.807) is 6.33 Å². The van der Waals surface area contributed by atoms with Gasteiger partial charge in [0, 0.05) is 25.6 Å². The van der Waals surface area contributed by atoms with E-state index in [1.165, 1.54) is 11.1 Å². The molecule has 1 aromatic heterocycles. The molecule has 1 aromatic carbocycles. The molecule has 7 nitrogen and oxygen atoms in total. The van der Waals surface area contributed by atoms with Crippen LogP contribution in [-0.4, -0.2) is 51.9 Å². The van der Waals surface area contributed by atoms with Gasteiger partial charge in [0.1, 0.15) is 12.4 Å². The number of aryl methyl sites for hydroxylation is 1. The molecule has 0 radical (unpaired) electrons. The Hall–Kier alpha value is -2.41. The van der Waals surface area contributed by atoms with Gasteiger partial charge in [0.25, 0.3) is 0 Å². The number of fused-ring (bicyclic) bond motifs is 1. The fraction of sp³-hybridized carbons (Fsp3) is 0.500. The normalized spacial score (nSPS) is 22.2. The first-order chi connectivity index (χ1) is 12.3. The summed E-state index contributed by atoms with van der Waals surface area (Å²) in [5.74, 6) is 1.22. The van der Waals surface area contributed by atoms with Crippen molar-refractivity contribution < 1.29 is 9.53 Å². The zero-order valence-electron chi connectivity index (χ0n) is 14.4. The van der Waals surface area contributed by atoms with Crippen LogP contribution in [0.2, 0.25) is 0 Å². The van der Waals surface area contributed by atoms with E-state index in [-0.39, 0.29) is 12.1 Å². The maximum atomic E-state index is 12.5. The first kappa shape index (κ1) is 16.1. The zero-order valence-corrected chi connectivity index (χ0v) is 14.4. The summed E-state index contributed by atoms with van der Waals surface area (Å²) in [4.78, 5) is 14.4. The monoisotopic (exact) mass is 341 g/mol. The Labute approximate surface area is 147 Å². The van der Waals surface area contributed by atoms with Gasteiger partial charge in [0.05, 0.1) is 13.2 Å². The highest BCUT2D eigenvalue weighted by atomic mass is 16.5. The van der Waals surface area contributed by atoms with E-state index in [1.807, 2.05) is 16.4 Å². The van der Waals surface area contributed by atoms with Crippen LogP contribution in [0.5, 0.6) is 0 Å². The molecule has 7 heteroatoms. The van der Waals surface area contributed by atoms with Crippen molar-refractivity contribution in [3.05, 3.63) is 47.5 Å². The molecular formula is C18H23N5O2. The van der Waals surface area contributed by atoms with Crippen molar-refractivity contribution in [2.24, 2.45) is 0 Å². The standard InChI is InChI=1S/C18H23N5O2/c1-2-22-12-20-21-17(22)16-11-23(7-8-25-16)18(24)19-10-14-9-13-5-3-4-6-15(13)14/h3-6,12,14,16H,2,7-11H2,1H3,(H,19,24)/t14-,16-/m1/s1. The minimum atomic E-state index is -0.216. The molecule has 2 amide bonds. The number of aromatic nitrogens is 3. The van der Waals surface area contributed by atoms with Crippen molar-refractivity contribution in [3.8, 4) is 0 Å². The molecule has 1 fully saturated rings. The third kappa shape index (κ3) is 3.11. The van der Waals surface area contributed by atoms with Gasteiger partial charge in [-0.3, -0.25) is 0 Å². The maximum absolute atomic E-state index is 12.5. The number of morpholine rings is 1. The Morgan fingerprint density at radius 1 is 1.40 bits per heavy atom. The highest BCUT2D eigenvalue weighted by Crippen LogP contribution is 2.34. The Bertz CT molecular complexity index is 759. The van der Waals surface area contributed by atoms with Crippen LogP contribution in [0.4, 0.5) is 4.79 Å². The van der Waals surface area contributed by atoms with Crippen molar-refractivity contribution >= 4 is 6.03 Å². The molecule has 0 saturated carbocycles. The molecule has 2 aromatic rings. The number of amides is 2. The van der Waals surface area contributed by atoms with Crippen molar-refractivity contribution in [1.82, 2.24) is 25.0 Å². The van der Waals surface area contributed by atoms with Gasteiger partial charge >= 0.3 is 6.03 Å². The van der Waals surface area contributed by atoms with Gasteiger partial charge in [-0.25, -0.2) is 4.79 Å². The largest absolute Gasteiger partial charge is 0.366 e. The van der Waals surface area contributed by atoms with Gasteiger partial charge in [-0.1, -0.05) is 24.3 Å². The predicted octanol–water partition coefficient (Wildman–Crippen LogP) is 1.72. The van der Waals surface area contributed by atoms with E-state index in [4.69, 9.17) is 4.74 Å². The van der Waals surface area contributed by atoms with Crippen molar-refractivity contribution in [1.29, 1.82) is 0 Å². The van der Waals surface area contributed by atoms with Gasteiger partial charge in [-0.05, 0) is 24.5 Å². The Morgan fingerprint density at radius 3 is 3.12 bits per heavy atom. The number of carbonyl (C=O) groups is 1. The van der Waals surface area contributed by atoms with Crippen LogP contribution in [0.15, 0.2) is 30.6 Å². The minimum absolute atomic E-state index is 0.0276. The molecule has 4 rings (SSSR count). The molecule has 2 aliphatic rings. The Kier molecular flexibility index (Phi) is 4.40. The fourth-order valence-electron chi connectivity index (χ4n) is 3.61. The van der Waals surface area contributed by atoms with E-state index in [0.717, 1.165) is 18.8 Å². The average molecular weight is 341 g/mol. The molecule has 132 valence electrons. The van der Waals surface area contributed by atoms with Crippen LogP contribution in [0.25, 0.3) is 0 Å². The lowest BCUT2D eigenvalue weighted by Gasteiger charge is -2.34. The summed E-state index contributed by atoms with van der Waals surface area (Å²) in [6.07, 6.45) is 2.53. The topological polar surface area (TPSA) is 72.3 Å². The lowest BCUT2D eigenvalue weighted by Crippen LogP contribution is -2.48. The lowest BCUT2D eigenvalue weighted by atomic mass is 9.78. The molecule has 2 atom stereocenters. The van der Waals surface area contributed by atoms with Crippen LogP contribution in [0, 0.1) is 0 Å². The number of hydrogen-bond acceptors (Lipinski definition) is 4. The maximum Gasteiger partial charge on any atom is 0.317 e. The second kappa shape index (κ2) is 6.84. The number of ether oxygens (including phenoxy) is 1. The SMILES string of the molecule is CCn1cnnc1[C@H]1CN(C(=O)NC[C@H]2Cc3ccccc32)CCO1. The van der Waals surface area contributed by atoms with Crippen LogP contribution in [-0.2, 0) is 17.7 Å². The van der Waals surface area contributed by atoms with E-state index in [0.29, 0.717) is 32.2 Å². The summed E-state index contributed by atoms with van der Waals surface area (Å²) < 4.78 is 7.76. The molecule has 1 saturated heterocycles. The van der Waals surface area contributed by atoms with Gasteiger partial charge in [0.15, 0.2) is 5.82 Å². The average Bonchev–Trinajstić information content (AvgIpc) is 3.11. The zero-order chi connectivity index (χ0) is 17.2. The third-order valence-electron chi connectivity index (χ3n) is 5.09. The number of benzene rings is 1. The predicted molar refractivity (Wildman–Crippen MR) is 92.2 cm³/mol. The number of urea groups is 1. The fourth-order valence-corrected chi connectivity index (χ4v) is 3.61. The molecule has 1 aliphatic carbocycles. The first-order valence-electron chi connectivity index (χ1n) is 8.86. The smallest absolute Gasteiger partial charge is 0.317 e. The number of nitrogens with zero attached hydrogens (tertiary/aromatic N) is 4. The second-order valence-corrected chi connectivity index (χ2v) is 6.57. The Morgan fingerprint density at radius 2 is 2.28 bits per heavy atom. The van der Waals surface area contributed by atoms with Crippen molar-refractivity contribution in [3.63, 3.8) is 0 Å². The van der Waals surface area contributed by atoms with Gasteiger partial charge in [0.2, 0.25) is 0 Å². The molecule has 1 N–H and O–H groups in total. The molecule has 0 spiro atoms. The Balaban J connectivity index is 1.33. The van der Waals surface area contributed by atoms with Crippen LogP contribution < -0.4 is 5.32 Å². The summed E-state index contributed by atoms with van der Waals surface area (Å²) in [5, 5.41) is 11.2. The number of carbonyl (C=O) groups excluding carboxylic acids is 1. The van der Waals surface area contributed by atoms with Crippen LogP contribution in [0.1, 0.15) is 35.9 Å². The summed E-state index contributed by atoms with van der Waals surface area (Å²) in [5.41, 5.74) is 2.76. The van der Waals surface area contributed by atoms with Crippen LogP contribution in [0.3, 0.4) is 0 Å². The summed E-state index contributed by atoms with van der Waals surface area (Å²) in [6.45, 7) is 5.13. The van der Waals surface area contributed by atoms with Gasteiger partial charge in [-0.2, -0.15) is 0 Å². The van der Waals surface area contributed by atoms with E-state index in [2.05, 4.69) is 39.8 Å². The third-order valence-corrected chi connectivity index (χ3v) is 5.09. The first-order valence-corrected chi connectivity index (χ1v) is 8.86. The summed E-state index contributed by atoms with van der Waals surface area (Å²) >= 11 is 0. The number of nitrogens with one attached hydrogen (secondary N) is 1. The molecule has 0 bridgehead atoms. The molecule has 25 heavy (non-hydrogen) atoms. The molecule has 0 unspecified atom stereocenters. The summed E-state index contributed by atoms with van der Waals surface area (Å²) in [7, 11) is 0. The molecular weight excluding hydrogens is 318 g/mol. The summed E-state index contributed by atoms with van der Waals surface area (Å²) in [6, 6.07) is 8.40. The number of hydrogen-bond donors (Lipinski definition) is 1. The van der Waals surface area contributed by atoms with Gasteiger partial charge < -0.3 is 19.5 Å².